The number of esters is 1. The number of fused-ring (bicyclic) bond motifs is 1. The Morgan fingerprint density at radius 2 is 1.89 bits per heavy atom. The van der Waals surface area contributed by atoms with E-state index < -0.39 is 5.97 Å². The number of carbonyl (C=O) groups is 2. The first-order valence-electron chi connectivity index (χ1n) is 8.83. The Morgan fingerprint density at radius 3 is 2.59 bits per heavy atom. The van der Waals surface area contributed by atoms with Crippen molar-refractivity contribution in [3.63, 3.8) is 0 Å². The van der Waals surface area contributed by atoms with E-state index in [1.54, 1.807) is 32.1 Å². The Morgan fingerprint density at radius 1 is 1.19 bits per heavy atom. The molecular formula is C20H23N3O3S. The average Bonchev–Trinajstić information content (AvgIpc) is 3.13. The van der Waals surface area contributed by atoms with Crippen molar-refractivity contribution in [1.29, 1.82) is 0 Å². The zero-order valence-electron chi connectivity index (χ0n) is 16.0. The molecule has 27 heavy (non-hydrogen) atoms. The topological polar surface area (TPSA) is 75.3 Å². The largest absolute Gasteiger partial charge is 0.462 e. The Kier molecular flexibility index (Phi) is 5.72. The van der Waals surface area contributed by atoms with E-state index in [4.69, 9.17) is 4.74 Å². The molecule has 0 aliphatic heterocycles. The molecule has 1 N–H and O–H groups in total. The van der Waals surface area contributed by atoms with Gasteiger partial charge in [-0.2, -0.15) is 0 Å². The third-order valence-electron chi connectivity index (χ3n) is 4.29. The standard InChI is InChI=1S/C20H23N3O3S/c1-5-26-20(25)19-13(3)21-12(2)18(19)15(24)10-23(4)11-17-22-14-8-6-7-9-16(14)27-17/h6-9,21H,5,10-11H2,1-4H3. The molecule has 3 rings (SSSR count). The summed E-state index contributed by atoms with van der Waals surface area (Å²) >= 11 is 1.63. The number of aromatic nitrogens is 2. The summed E-state index contributed by atoms with van der Waals surface area (Å²) in [7, 11) is 1.88. The maximum atomic E-state index is 12.9. The highest BCUT2D eigenvalue weighted by Crippen LogP contribution is 2.23. The second-order valence-corrected chi connectivity index (χ2v) is 7.63. The number of ether oxygens (including phenoxy) is 1. The van der Waals surface area contributed by atoms with E-state index in [9.17, 15) is 9.59 Å². The Hall–Kier alpha value is -2.51. The molecule has 2 heterocycles. The Balaban J connectivity index is 1.75. The van der Waals surface area contributed by atoms with Crippen molar-refractivity contribution in [2.45, 2.75) is 27.3 Å². The fourth-order valence-corrected chi connectivity index (χ4v) is 4.23. The summed E-state index contributed by atoms with van der Waals surface area (Å²) in [5, 5.41) is 0.957. The van der Waals surface area contributed by atoms with Gasteiger partial charge in [0, 0.05) is 11.4 Å². The molecule has 0 saturated carbocycles. The van der Waals surface area contributed by atoms with Crippen molar-refractivity contribution in [2.24, 2.45) is 0 Å². The first-order chi connectivity index (χ1) is 12.9. The maximum Gasteiger partial charge on any atom is 0.340 e. The first-order valence-corrected chi connectivity index (χ1v) is 9.64. The van der Waals surface area contributed by atoms with Crippen LogP contribution in [0, 0.1) is 13.8 Å². The summed E-state index contributed by atoms with van der Waals surface area (Å²) in [6.07, 6.45) is 0. The summed E-state index contributed by atoms with van der Waals surface area (Å²) in [6, 6.07) is 7.98. The molecule has 1 aromatic carbocycles. The third kappa shape index (κ3) is 4.09. The number of nitrogens with one attached hydrogen (secondary N) is 1. The van der Waals surface area contributed by atoms with Gasteiger partial charge in [0.25, 0.3) is 0 Å². The molecule has 0 spiro atoms. The summed E-state index contributed by atoms with van der Waals surface area (Å²) in [5.74, 6) is -0.569. The number of Topliss-reactive ketones (excluding diaryl/α,β-unsaturated/α-hetero) is 1. The SMILES string of the molecule is CCOC(=O)c1c(C)[nH]c(C)c1C(=O)CN(C)Cc1nc2ccccc2s1. The highest BCUT2D eigenvalue weighted by Gasteiger charge is 2.26. The number of benzene rings is 1. The minimum absolute atomic E-state index is 0.108. The van der Waals surface area contributed by atoms with Crippen molar-refractivity contribution in [2.75, 3.05) is 20.2 Å². The van der Waals surface area contributed by atoms with Gasteiger partial charge < -0.3 is 9.72 Å². The number of para-hydroxylation sites is 1. The van der Waals surface area contributed by atoms with Gasteiger partial charge in [-0.25, -0.2) is 9.78 Å². The zero-order chi connectivity index (χ0) is 19.6. The minimum Gasteiger partial charge on any atom is -0.462 e. The van der Waals surface area contributed by atoms with Gasteiger partial charge in [0.2, 0.25) is 0 Å². The monoisotopic (exact) mass is 385 g/mol. The van der Waals surface area contributed by atoms with E-state index in [2.05, 4.69) is 9.97 Å². The van der Waals surface area contributed by atoms with Gasteiger partial charge in [-0.1, -0.05) is 12.1 Å². The number of ketones is 1. The highest BCUT2D eigenvalue weighted by molar-refractivity contribution is 7.18. The molecule has 0 aliphatic rings. The predicted octanol–water partition coefficient (Wildman–Crippen LogP) is 3.73. The van der Waals surface area contributed by atoms with Gasteiger partial charge >= 0.3 is 5.97 Å². The number of likely N-dealkylation sites (N-methyl/N-ethyl adjacent to an activating group) is 1. The van der Waals surface area contributed by atoms with Gasteiger partial charge in [-0.3, -0.25) is 9.69 Å². The molecule has 7 heteroatoms. The third-order valence-corrected chi connectivity index (χ3v) is 5.31. The van der Waals surface area contributed by atoms with Crippen molar-refractivity contribution in [3.05, 3.63) is 51.8 Å². The minimum atomic E-state index is -0.462. The first kappa shape index (κ1) is 19.3. The van der Waals surface area contributed by atoms with Gasteiger partial charge in [0.1, 0.15) is 5.01 Å². The van der Waals surface area contributed by atoms with Crippen LogP contribution in [0.1, 0.15) is 44.0 Å². The number of carbonyl (C=O) groups excluding carboxylic acids is 2. The van der Waals surface area contributed by atoms with Crippen molar-refractivity contribution < 1.29 is 14.3 Å². The molecule has 0 amide bonds. The van der Waals surface area contributed by atoms with Crippen LogP contribution in [-0.2, 0) is 11.3 Å². The molecule has 0 fully saturated rings. The number of hydrogen-bond donors (Lipinski definition) is 1. The molecule has 0 bridgehead atoms. The van der Waals surface area contributed by atoms with Crippen LogP contribution in [0.15, 0.2) is 24.3 Å². The fraction of sp³-hybridized carbons (Fsp3) is 0.350. The molecule has 0 aliphatic carbocycles. The molecule has 6 nitrogen and oxygen atoms in total. The number of H-pyrrole nitrogens is 1. The Bertz CT molecular complexity index is 957. The summed E-state index contributed by atoms with van der Waals surface area (Å²) in [4.78, 5) is 34.8. The van der Waals surface area contributed by atoms with Crippen molar-refractivity contribution in [1.82, 2.24) is 14.9 Å². The van der Waals surface area contributed by atoms with Crippen LogP contribution >= 0.6 is 11.3 Å². The molecule has 142 valence electrons. The molecule has 3 aromatic rings. The number of rotatable bonds is 7. The van der Waals surface area contributed by atoms with Crippen LogP contribution in [0.25, 0.3) is 10.2 Å². The molecule has 0 saturated heterocycles. The lowest BCUT2D eigenvalue weighted by molar-refractivity contribution is 0.0522. The zero-order valence-corrected chi connectivity index (χ0v) is 16.8. The summed E-state index contributed by atoms with van der Waals surface area (Å²) in [5.41, 5.74) is 3.07. The lowest BCUT2D eigenvalue weighted by Crippen LogP contribution is -2.27. The number of aromatic amines is 1. The quantitative estimate of drug-likeness (QED) is 0.495. The van der Waals surface area contributed by atoms with Crippen LogP contribution in [0.4, 0.5) is 0 Å². The van der Waals surface area contributed by atoms with Gasteiger partial charge in [0.05, 0.1) is 41.0 Å². The number of thiazole rings is 1. The molecule has 0 unspecified atom stereocenters. The van der Waals surface area contributed by atoms with E-state index in [0.717, 1.165) is 15.2 Å². The smallest absolute Gasteiger partial charge is 0.340 e. The number of hydrogen-bond acceptors (Lipinski definition) is 6. The Labute approximate surface area is 162 Å². The predicted molar refractivity (Wildman–Crippen MR) is 107 cm³/mol. The summed E-state index contributed by atoms with van der Waals surface area (Å²) in [6.45, 7) is 6.37. The summed E-state index contributed by atoms with van der Waals surface area (Å²) < 4.78 is 6.25. The lowest BCUT2D eigenvalue weighted by Gasteiger charge is -2.14. The number of aryl methyl sites for hydroxylation is 2. The second kappa shape index (κ2) is 8.02. The van der Waals surface area contributed by atoms with Crippen LogP contribution < -0.4 is 0 Å². The van der Waals surface area contributed by atoms with Gasteiger partial charge in [-0.15, -0.1) is 11.3 Å². The fourth-order valence-electron chi connectivity index (χ4n) is 3.19. The van der Waals surface area contributed by atoms with Crippen LogP contribution in [0.2, 0.25) is 0 Å². The molecule has 0 atom stereocenters. The number of nitrogens with zero attached hydrogens (tertiary/aromatic N) is 2. The van der Waals surface area contributed by atoms with E-state index in [-0.39, 0.29) is 18.9 Å². The highest BCUT2D eigenvalue weighted by atomic mass is 32.1. The van der Waals surface area contributed by atoms with E-state index in [1.807, 2.05) is 36.2 Å². The average molecular weight is 385 g/mol. The van der Waals surface area contributed by atoms with Crippen molar-refractivity contribution >= 4 is 33.3 Å². The normalized spacial score (nSPS) is 11.3. The molecular weight excluding hydrogens is 362 g/mol. The van der Waals surface area contributed by atoms with Crippen LogP contribution in [-0.4, -0.2) is 46.8 Å². The van der Waals surface area contributed by atoms with E-state index in [0.29, 0.717) is 29.1 Å². The van der Waals surface area contributed by atoms with E-state index in [1.165, 1.54) is 0 Å². The van der Waals surface area contributed by atoms with Crippen molar-refractivity contribution in [3.8, 4) is 0 Å². The van der Waals surface area contributed by atoms with Gasteiger partial charge in [-0.05, 0) is 40.0 Å². The second-order valence-electron chi connectivity index (χ2n) is 6.52. The molecule has 2 aromatic heterocycles. The van der Waals surface area contributed by atoms with Gasteiger partial charge in [0.15, 0.2) is 5.78 Å². The van der Waals surface area contributed by atoms with E-state index >= 15 is 0 Å². The van der Waals surface area contributed by atoms with Crippen LogP contribution in [0.5, 0.6) is 0 Å². The lowest BCUT2D eigenvalue weighted by atomic mass is 10.0. The molecule has 0 radical (unpaired) electrons. The van der Waals surface area contributed by atoms with Crippen LogP contribution in [0.3, 0.4) is 0 Å². The maximum absolute atomic E-state index is 12.9.